The lowest BCUT2D eigenvalue weighted by atomic mass is 10.1. The molecule has 2 rings (SSSR count). The van der Waals surface area contributed by atoms with Crippen LogP contribution < -0.4 is 5.73 Å². The van der Waals surface area contributed by atoms with Gasteiger partial charge >= 0.3 is 0 Å². The van der Waals surface area contributed by atoms with E-state index >= 15 is 0 Å². The second-order valence-electron chi connectivity index (χ2n) is 3.98. The van der Waals surface area contributed by atoms with Gasteiger partial charge in [-0.3, -0.25) is 4.98 Å². The molecule has 0 bridgehead atoms. The van der Waals surface area contributed by atoms with Crippen LogP contribution in [0.5, 0.6) is 0 Å². The predicted molar refractivity (Wildman–Crippen MR) is 61.9 cm³/mol. The second-order valence-corrected chi connectivity index (χ2v) is 3.98. The number of nitrogens with two attached hydrogens (primary N) is 1. The van der Waals surface area contributed by atoms with Crippen molar-refractivity contribution in [3.63, 3.8) is 0 Å². The molecule has 1 unspecified atom stereocenters. The van der Waals surface area contributed by atoms with Gasteiger partial charge in [-0.25, -0.2) is 4.98 Å². The Bertz CT molecular complexity index is 456. The fourth-order valence-electron chi connectivity index (χ4n) is 1.36. The van der Waals surface area contributed by atoms with Crippen molar-refractivity contribution in [1.29, 1.82) is 0 Å². The number of aromatic nitrogens is 4. The minimum atomic E-state index is 0.460. The highest BCUT2D eigenvalue weighted by atomic mass is 16.5. The van der Waals surface area contributed by atoms with E-state index in [0.29, 0.717) is 29.9 Å². The van der Waals surface area contributed by atoms with Gasteiger partial charge in [-0.1, -0.05) is 12.1 Å². The maximum absolute atomic E-state index is 5.55. The molecule has 0 amide bonds. The summed E-state index contributed by atoms with van der Waals surface area (Å²) in [4.78, 5) is 12.3. The van der Waals surface area contributed by atoms with E-state index in [-0.39, 0.29) is 0 Å². The monoisotopic (exact) mass is 233 g/mol. The maximum Gasteiger partial charge on any atom is 0.227 e. The average Bonchev–Trinajstić information content (AvgIpc) is 2.86. The molecule has 2 aromatic heterocycles. The van der Waals surface area contributed by atoms with Crippen LogP contribution in [0.1, 0.15) is 19.2 Å². The molecule has 90 valence electrons. The summed E-state index contributed by atoms with van der Waals surface area (Å²) in [6.45, 7) is 2.77. The highest BCUT2D eigenvalue weighted by Crippen LogP contribution is 2.13. The normalized spacial score (nSPS) is 12.6. The van der Waals surface area contributed by atoms with Crippen molar-refractivity contribution in [2.24, 2.45) is 11.7 Å². The van der Waals surface area contributed by atoms with Crippen LogP contribution in [0.25, 0.3) is 11.5 Å². The molecule has 17 heavy (non-hydrogen) atoms. The van der Waals surface area contributed by atoms with E-state index in [0.717, 1.165) is 12.8 Å². The van der Waals surface area contributed by atoms with Gasteiger partial charge in [0, 0.05) is 18.8 Å². The molecular weight excluding hydrogens is 218 g/mol. The smallest absolute Gasteiger partial charge is 0.227 e. The molecule has 0 saturated heterocycles. The molecule has 0 saturated carbocycles. The summed E-state index contributed by atoms with van der Waals surface area (Å²) in [6.07, 6.45) is 6.50. The molecule has 2 heterocycles. The van der Waals surface area contributed by atoms with Crippen molar-refractivity contribution in [2.45, 2.75) is 19.8 Å². The quantitative estimate of drug-likeness (QED) is 0.830. The van der Waals surface area contributed by atoms with Gasteiger partial charge in [0.1, 0.15) is 5.69 Å². The Morgan fingerprint density at radius 1 is 1.41 bits per heavy atom. The fraction of sp³-hybridized carbons (Fsp3) is 0.455. The Balaban J connectivity index is 2.01. The van der Waals surface area contributed by atoms with Crippen LogP contribution in [0.2, 0.25) is 0 Å². The van der Waals surface area contributed by atoms with Crippen LogP contribution >= 0.6 is 0 Å². The molecule has 0 aliphatic rings. The zero-order valence-corrected chi connectivity index (χ0v) is 9.71. The van der Waals surface area contributed by atoms with Gasteiger partial charge in [0.15, 0.2) is 0 Å². The highest BCUT2D eigenvalue weighted by molar-refractivity contribution is 5.45. The summed E-state index contributed by atoms with van der Waals surface area (Å²) in [7, 11) is 0. The lowest BCUT2D eigenvalue weighted by Crippen LogP contribution is -2.11. The summed E-state index contributed by atoms with van der Waals surface area (Å²) in [5, 5.41) is 3.87. The molecular formula is C11H15N5O. The first-order valence-electron chi connectivity index (χ1n) is 5.58. The predicted octanol–water partition coefficient (Wildman–Crippen LogP) is 1.05. The van der Waals surface area contributed by atoms with Crippen LogP contribution in [-0.2, 0) is 6.42 Å². The third-order valence-electron chi connectivity index (χ3n) is 2.51. The lowest BCUT2D eigenvalue weighted by molar-refractivity contribution is 0.366. The Kier molecular flexibility index (Phi) is 3.77. The minimum Gasteiger partial charge on any atom is -0.339 e. The number of hydrogen-bond donors (Lipinski definition) is 1. The van der Waals surface area contributed by atoms with Crippen LogP contribution in [0.15, 0.2) is 23.1 Å². The van der Waals surface area contributed by atoms with Crippen molar-refractivity contribution in [3.05, 3.63) is 24.5 Å². The third kappa shape index (κ3) is 3.07. The molecule has 2 N–H and O–H groups in total. The van der Waals surface area contributed by atoms with Crippen LogP contribution in [0.3, 0.4) is 0 Å². The molecule has 0 radical (unpaired) electrons. The first-order valence-corrected chi connectivity index (χ1v) is 5.58. The molecule has 0 aromatic carbocycles. The van der Waals surface area contributed by atoms with E-state index in [9.17, 15) is 0 Å². The number of hydrogen-bond acceptors (Lipinski definition) is 6. The van der Waals surface area contributed by atoms with Gasteiger partial charge in [-0.15, -0.1) is 0 Å². The molecule has 6 nitrogen and oxygen atoms in total. The number of rotatable bonds is 5. The van der Waals surface area contributed by atoms with Crippen molar-refractivity contribution < 1.29 is 4.52 Å². The Morgan fingerprint density at radius 2 is 2.29 bits per heavy atom. The Hall–Kier alpha value is -1.82. The summed E-state index contributed by atoms with van der Waals surface area (Å²) in [5.74, 6) is 1.56. The second kappa shape index (κ2) is 5.49. The molecule has 0 spiro atoms. The zero-order chi connectivity index (χ0) is 12.1. The lowest BCUT2D eigenvalue weighted by Gasteiger charge is -2.03. The molecule has 2 aromatic rings. The Morgan fingerprint density at radius 3 is 3.00 bits per heavy atom. The van der Waals surface area contributed by atoms with E-state index in [1.165, 1.54) is 0 Å². The highest BCUT2D eigenvalue weighted by Gasteiger charge is 2.10. The van der Waals surface area contributed by atoms with E-state index in [4.69, 9.17) is 10.3 Å². The number of aryl methyl sites for hydroxylation is 1. The van der Waals surface area contributed by atoms with Gasteiger partial charge in [0.25, 0.3) is 0 Å². The molecule has 6 heteroatoms. The molecule has 0 aliphatic heterocycles. The van der Waals surface area contributed by atoms with Crippen molar-refractivity contribution in [1.82, 2.24) is 20.1 Å². The van der Waals surface area contributed by atoms with Crippen molar-refractivity contribution in [3.8, 4) is 11.5 Å². The maximum atomic E-state index is 5.55. The van der Waals surface area contributed by atoms with E-state index in [2.05, 4.69) is 27.0 Å². The van der Waals surface area contributed by atoms with Crippen LogP contribution in [0.4, 0.5) is 0 Å². The molecule has 0 fully saturated rings. The number of nitrogens with zero attached hydrogens (tertiary/aromatic N) is 4. The minimum absolute atomic E-state index is 0.460. The van der Waals surface area contributed by atoms with E-state index < -0.39 is 0 Å². The van der Waals surface area contributed by atoms with Gasteiger partial charge in [-0.2, -0.15) is 4.98 Å². The van der Waals surface area contributed by atoms with Gasteiger partial charge in [0.05, 0.1) is 6.20 Å². The summed E-state index contributed by atoms with van der Waals surface area (Å²) in [6, 6.07) is 0. The first-order chi connectivity index (χ1) is 8.29. The van der Waals surface area contributed by atoms with Gasteiger partial charge in [-0.05, 0) is 18.9 Å². The fourth-order valence-corrected chi connectivity index (χ4v) is 1.36. The van der Waals surface area contributed by atoms with Gasteiger partial charge in [0.2, 0.25) is 11.7 Å². The third-order valence-corrected chi connectivity index (χ3v) is 2.51. The van der Waals surface area contributed by atoms with Gasteiger partial charge < -0.3 is 10.3 Å². The van der Waals surface area contributed by atoms with Crippen molar-refractivity contribution >= 4 is 0 Å². The van der Waals surface area contributed by atoms with Crippen LogP contribution in [0, 0.1) is 5.92 Å². The topological polar surface area (TPSA) is 90.7 Å². The van der Waals surface area contributed by atoms with Crippen molar-refractivity contribution in [2.75, 3.05) is 6.54 Å². The van der Waals surface area contributed by atoms with E-state index in [1.54, 1.807) is 18.6 Å². The summed E-state index contributed by atoms with van der Waals surface area (Å²) in [5.41, 5.74) is 6.17. The van der Waals surface area contributed by atoms with E-state index in [1.807, 2.05) is 0 Å². The Labute approximate surface area is 99.3 Å². The largest absolute Gasteiger partial charge is 0.339 e. The first kappa shape index (κ1) is 11.7. The average molecular weight is 233 g/mol. The van der Waals surface area contributed by atoms with Crippen LogP contribution in [-0.4, -0.2) is 26.7 Å². The zero-order valence-electron chi connectivity index (χ0n) is 9.71. The SMILES string of the molecule is CC(CN)CCc1nc(-c2cnccn2)no1. The standard InChI is InChI=1S/C11H15N5O/c1-8(6-12)2-3-10-15-11(16-17-10)9-7-13-4-5-14-9/h4-5,7-8H,2-3,6,12H2,1H3. The summed E-state index contributed by atoms with van der Waals surface area (Å²) < 4.78 is 5.14. The molecule has 1 atom stereocenters. The molecule has 0 aliphatic carbocycles. The summed E-state index contributed by atoms with van der Waals surface area (Å²) >= 11 is 0.